The summed E-state index contributed by atoms with van der Waals surface area (Å²) in [5.41, 5.74) is 1.38. The molecule has 1 saturated heterocycles. The molecule has 0 radical (unpaired) electrons. The predicted octanol–water partition coefficient (Wildman–Crippen LogP) is 2.01. The third kappa shape index (κ3) is 6.29. The molecule has 6 nitrogen and oxygen atoms in total. The maximum absolute atomic E-state index is 13.3. The average Bonchev–Trinajstić information content (AvgIpc) is 2.70. The molecule has 3 rings (SSSR count). The van der Waals surface area contributed by atoms with Gasteiger partial charge in [0.2, 0.25) is 10.0 Å². The van der Waals surface area contributed by atoms with Crippen molar-refractivity contribution >= 4 is 10.0 Å². The number of halogens is 2. The fourth-order valence-electron chi connectivity index (χ4n) is 3.46. The zero-order chi connectivity index (χ0) is 21.7. The number of benzene rings is 2. The van der Waals surface area contributed by atoms with Gasteiger partial charge in [-0.1, -0.05) is 24.3 Å². The van der Waals surface area contributed by atoms with Gasteiger partial charge in [-0.25, -0.2) is 17.2 Å². The fraction of sp³-hybridized carbons (Fsp3) is 0.429. The van der Waals surface area contributed by atoms with Crippen LogP contribution in [0.15, 0.2) is 48.5 Å². The van der Waals surface area contributed by atoms with Crippen molar-refractivity contribution < 1.29 is 27.0 Å². The van der Waals surface area contributed by atoms with Crippen molar-refractivity contribution in [3.05, 3.63) is 71.3 Å². The van der Waals surface area contributed by atoms with Crippen LogP contribution in [0.1, 0.15) is 17.2 Å². The molecular formula is C21H26F2N2O4S. The number of hydrogen-bond acceptors (Lipinski definition) is 5. The van der Waals surface area contributed by atoms with Gasteiger partial charge in [-0.05, 0) is 35.4 Å². The van der Waals surface area contributed by atoms with Gasteiger partial charge in [0.15, 0.2) is 0 Å². The molecule has 0 bridgehead atoms. The number of hydrogen-bond donors (Lipinski definition) is 1. The quantitative estimate of drug-likeness (QED) is 0.680. The lowest BCUT2D eigenvalue weighted by atomic mass is 10.0. The zero-order valence-corrected chi connectivity index (χ0v) is 17.6. The Hall–Kier alpha value is -1.91. The number of rotatable bonds is 8. The van der Waals surface area contributed by atoms with Gasteiger partial charge in [-0.15, -0.1) is 0 Å². The zero-order valence-electron chi connectivity index (χ0n) is 16.7. The Bertz CT molecular complexity index is 870. The Morgan fingerprint density at radius 1 is 0.933 bits per heavy atom. The van der Waals surface area contributed by atoms with E-state index in [0.717, 1.165) is 0 Å². The lowest BCUT2D eigenvalue weighted by Crippen LogP contribution is -2.50. The monoisotopic (exact) mass is 440 g/mol. The van der Waals surface area contributed by atoms with E-state index in [9.17, 15) is 22.3 Å². The van der Waals surface area contributed by atoms with Crippen molar-refractivity contribution in [2.75, 3.05) is 45.6 Å². The van der Waals surface area contributed by atoms with Gasteiger partial charge in [-0.3, -0.25) is 4.90 Å². The molecule has 1 N–H and O–H groups in total. The molecule has 1 aliphatic heterocycles. The van der Waals surface area contributed by atoms with E-state index >= 15 is 0 Å². The second kappa shape index (κ2) is 9.93. The van der Waals surface area contributed by atoms with Crippen LogP contribution in [0.5, 0.6) is 0 Å². The van der Waals surface area contributed by atoms with Crippen LogP contribution in [0.4, 0.5) is 8.78 Å². The van der Waals surface area contributed by atoms with Crippen molar-refractivity contribution in [2.24, 2.45) is 0 Å². The smallest absolute Gasteiger partial charge is 0.211 e. The Balaban J connectivity index is 1.60. The number of aliphatic hydroxyl groups excluding tert-OH is 1. The Morgan fingerprint density at radius 3 is 1.83 bits per heavy atom. The Kier molecular flexibility index (Phi) is 7.54. The summed E-state index contributed by atoms with van der Waals surface area (Å²) in [6.45, 7) is 2.20. The molecule has 1 fully saturated rings. The first-order valence-corrected chi connectivity index (χ1v) is 11.6. The molecule has 0 saturated carbocycles. The molecule has 0 aromatic heterocycles. The van der Waals surface area contributed by atoms with Crippen LogP contribution in [-0.4, -0.2) is 74.4 Å². The van der Waals surface area contributed by atoms with Crippen molar-refractivity contribution in [1.29, 1.82) is 0 Å². The molecule has 0 aliphatic carbocycles. The maximum Gasteiger partial charge on any atom is 0.211 e. The number of β-amino-alcohol motifs (C(OH)–C–C–N with tert-alkyl or cyclic N) is 1. The van der Waals surface area contributed by atoms with Crippen LogP contribution in [0.3, 0.4) is 0 Å². The Morgan fingerprint density at radius 2 is 1.40 bits per heavy atom. The summed E-state index contributed by atoms with van der Waals surface area (Å²) < 4.78 is 57.2. The highest BCUT2D eigenvalue weighted by Gasteiger charge is 2.25. The van der Waals surface area contributed by atoms with Crippen molar-refractivity contribution in [1.82, 2.24) is 9.21 Å². The summed E-state index contributed by atoms with van der Waals surface area (Å²) in [7, 11) is -3.20. The molecule has 1 heterocycles. The summed E-state index contributed by atoms with van der Waals surface area (Å²) in [4.78, 5) is 1.99. The topological polar surface area (TPSA) is 70.1 Å². The lowest BCUT2D eigenvalue weighted by molar-refractivity contribution is -0.0117. The minimum absolute atomic E-state index is 0.0196. The third-order valence-corrected chi connectivity index (χ3v) is 6.37. The van der Waals surface area contributed by atoms with Crippen LogP contribution < -0.4 is 0 Å². The van der Waals surface area contributed by atoms with Crippen molar-refractivity contribution in [2.45, 2.75) is 12.2 Å². The molecule has 0 amide bonds. The number of ether oxygens (including phenoxy) is 1. The average molecular weight is 441 g/mol. The predicted molar refractivity (Wildman–Crippen MR) is 109 cm³/mol. The van der Waals surface area contributed by atoms with Gasteiger partial charge in [0.1, 0.15) is 17.7 Å². The van der Waals surface area contributed by atoms with E-state index in [-0.39, 0.29) is 18.2 Å². The standard InChI is InChI=1S/C21H26F2N2O4S/c1-30(27,28)25-12-10-24(11-13-25)14-20(26)15-29-21(16-2-6-18(22)7-3-16)17-4-8-19(23)9-5-17/h2-9,20-21,26H,10-15H2,1H3. The van der Waals surface area contributed by atoms with Crippen molar-refractivity contribution in [3.63, 3.8) is 0 Å². The van der Waals surface area contributed by atoms with Gasteiger partial charge in [0.05, 0.1) is 19.0 Å². The summed E-state index contributed by atoms with van der Waals surface area (Å²) >= 11 is 0. The second-order valence-electron chi connectivity index (χ2n) is 7.43. The molecular weight excluding hydrogens is 414 g/mol. The van der Waals surface area contributed by atoms with Crippen LogP contribution in [0, 0.1) is 11.6 Å². The summed E-state index contributed by atoms with van der Waals surface area (Å²) in [5, 5.41) is 10.4. The SMILES string of the molecule is CS(=O)(=O)N1CCN(CC(O)COC(c2ccc(F)cc2)c2ccc(F)cc2)CC1. The molecule has 1 unspecified atom stereocenters. The first-order chi connectivity index (χ1) is 14.2. The lowest BCUT2D eigenvalue weighted by Gasteiger charge is -2.34. The van der Waals surface area contributed by atoms with Crippen molar-refractivity contribution in [3.8, 4) is 0 Å². The highest BCUT2D eigenvalue weighted by Crippen LogP contribution is 2.27. The molecule has 2 aromatic carbocycles. The highest BCUT2D eigenvalue weighted by molar-refractivity contribution is 7.88. The normalized spacial score (nSPS) is 17.4. The summed E-state index contributed by atoms with van der Waals surface area (Å²) in [5.74, 6) is -0.741. The van der Waals surface area contributed by atoms with E-state index in [0.29, 0.717) is 43.9 Å². The van der Waals surface area contributed by atoms with Gasteiger partial charge in [-0.2, -0.15) is 4.31 Å². The largest absolute Gasteiger partial charge is 0.389 e. The minimum atomic E-state index is -3.20. The number of sulfonamides is 1. The highest BCUT2D eigenvalue weighted by atomic mass is 32.2. The number of aliphatic hydroxyl groups is 1. The van der Waals surface area contributed by atoms with E-state index < -0.39 is 22.2 Å². The first-order valence-electron chi connectivity index (χ1n) is 9.70. The van der Waals surface area contributed by atoms with Gasteiger partial charge in [0.25, 0.3) is 0 Å². The van der Waals surface area contributed by atoms with E-state index in [4.69, 9.17) is 4.74 Å². The summed E-state index contributed by atoms with van der Waals surface area (Å²) in [6.07, 6.45) is -0.183. The van der Waals surface area contributed by atoms with E-state index in [1.54, 1.807) is 24.3 Å². The van der Waals surface area contributed by atoms with Crippen LogP contribution in [0.25, 0.3) is 0 Å². The van der Waals surface area contributed by atoms with Crippen LogP contribution >= 0.6 is 0 Å². The molecule has 0 spiro atoms. The molecule has 2 aromatic rings. The second-order valence-corrected chi connectivity index (χ2v) is 9.42. The van der Waals surface area contributed by atoms with E-state index in [2.05, 4.69) is 0 Å². The van der Waals surface area contributed by atoms with Gasteiger partial charge < -0.3 is 9.84 Å². The van der Waals surface area contributed by atoms with Gasteiger partial charge in [0, 0.05) is 32.7 Å². The maximum atomic E-state index is 13.3. The van der Waals surface area contributed by atoms with Gasteiger partial charge >= 0.3 is 0 Å². The van der Waals surface area contributed by atoms with E-state index in [1.807, 2.05) is 4.90 Å². The Labute approximate surface area is 175 Å². The fourth-order valence-corrected chi connectivity index (χ4v) is 4.29. The van der Waals surface area contributed by atoms with Crippen LogP contribution in [-0.2, 0) is 14.8 Å². The number of nitrogens with zero attached hydrogens (tertiary/aromatic N) is 2. The van der Waals surface area contributed by atoms with E-state index in [1.165, 1.54) is 34.8 Å². The minimum Gasteiger partial charge on any atom is -0.389 e. The first kappa shape index (κ1) is 22.8. The molecule has 164 valence electrons. The molecule has 9 heteroatoms. The molecule has 30 heavy (non-hydrogen) atoms. The number of piperazine rings is 1. The third-order valence-electron chi connectivity index (χ3n) is 5.07. The summed E-state index contributed by atoms with van der Waals surface area (Å²) in [6, 6.07) is 11.7. The molecule has 1 aliphatic rings. The van der Waals surface area contributed by atoms with Crippen LogP contribution in [0.2, 0.25) is 0 Å². The molecule has 1 atom stereocenters.